The van der Waals surface area contributed by atoms with Gasteiger partial charge in [0.25, 0.3) is 0 Å². The molecule has 1 aromatic heterocycles. The fourth-order valence-corrected chi connectivity index (χ4v) is 3.00. The van der Waals surface area contributed by atoms with Gasteiger partial charge in [0.15, 0.2) is 0 Å². The molecule has 0 N–H and O–H groups in total. The molecule has 1 aliphatic heterocycles. The highest BCUT2D eigenvalue weighted by atomic mass is 35.5. The molecule has 1 aliphatic rings. The van der Waals surface area contributed by atoms with Crippen LogP contribution in [0.15, 0.2) is 18.3 Å². The molecule has 2 nitrogen and oxygen atoms in total. The van der Waals surface area contributed by atoms with Gasteiger partial charge in [0.1, 0.15) is 5.15 Å². The lowest BCUT2D eigenvalue weighted by Crippen LogP contribution is -2.24. The van der Waals surface area contributed by atoms with Crippen LogP contribution in [-0.2, 0) is 6.54 Å². The maximum atomic E-state index is 5.93. The molecule has 1 atom stereocenters. The highest BCUT2D eigenvalue weighted by Gasteiger charge is 2.19. The van der Waals surface area contributed by atoms with E-state index in [0.717, 1.165) is 18.4 Å². The molecule has 1 unspecified atom stereocenters. The fraction of sp³-hybridized carbons (Fsp3) is 0.667. The van der Waals surface area contributed by atoms with Crippen molar-refractivity contribution < 1.29 is 0 Å². The molecule has 0 aliphatic carbocycles. The Bertz CT molecular complexity index is 379. The van der Waals surface area contributed by atoms with Crippen molar-refractivity contribution in [3.05, 3.63) is 29.0 Å². The molecule has 0 aromatic carbocycles. The standard InChI is InChI=1S/C15H23ClN2/c1-12(2)14-4-3-8-18(9-6-14)11-13-5-7-17-15(16)10-13/h5,7,10,12,14H,3-4,6,8-9,11H2,1-2H3. The molecule has 0 spiro atoms. The number of rotatable bonds is 3. The van der Waals surface area contributed by atoms with Crippen molar-refractivity contribution in [2.24, 2.45) is 11.8 Å². The largest absolute Gasteiger partial charge is 0.299 e. The molecule has 0 saturated carbocycles. The Kier molecular flexibility index (Phi) is 5.02. The molecular weight excluding hydrogens is 244 g/mol. The van der Waals surface area contributed by atoms with E-state index in [-0.39, 0.29) is 0 Å². The Balaban J connectivity index is 1.91. The maximum Gasteiger partial charge on any atom is 0.129 e. The van der Waals surface area contributed by atoms with Gasteiger partial charge in [-0.05, 0) is 61.9 Å². The van der Waals surface area contributed by atoms with Gasteiger partial charge >= 0.3 is 0 Å². The first kappa shape index (κ1) is 13.8. The lowest BCUT2D eigenvalue weighted by molar-refractivity contribution is 0.264. The molecule has 100 valence electrons. The van der Waals surface area contributed by atoms with Gasteiger partial charge in [-0.1, -0.05) is 25.4 Å². The summed E-state index contributed by atoms with van der Waals surface area (Å²) in [6.45, 7) is 8.13. The number of hydrogen-bond acceptors (Lipinski definition) is 2. The first-order valence-electron chi connectivity index (χ1n) is 6.98. The van der Waals surface area contributed by atoms with Gasteiger partial charge in [-0.25, -0.2) is 4.98 Å². The normalized spacial score (nSPS) is 22.1. The summed E-state index contributed by atoms with van der Waals surface area (Å²) in [6.07, 6.45) is 5.83. The van der Waals surface area contributed by atoms with Crippen molar-refractivity contribution in [3.8, 4) is 0 Å². The van der Waals surface area contributed by atoms with E-state index < -0.39 is 0 Å². The molecule has 2 heterocycles. The molecule has 1 fully saturated rings. The van der Waals surface area contributed by atoms with Crippen molar-refractivity contribution in [2.45, 2.75) is 39.7 Å². The summed E-state index contributed by atoms with van der Waals surface area (Å²) in [5.74, 6) is 1.72. The maximum absolute atomic E-state index is 5.93. The Morgan fingerprint density at radius 3 is 2.94 bits per heavy atom. The molecule has 3 heteroatoms. The Morgan fingerprint density at radius 2 is 2.22 bits per heavy atom. The molecule has 0 radical (unpaired) electrons. The minimum absolute atomic E-state index is 0.599. The van der Waals surface area contributed by atoms with E-state index in [1.54, 1.807) is 6.20 Å². The van der Waals surface area contributed by atoms with Crippen LogP contribution in [0.4, 0.5) is 0 Å². The lowest BCUT2D eigenvalue weighted by Gasteiger charge is -2.21. The van der Waals surface area contributed by atoms with Crippen LogP contribution >= 0.6 is 11.6 Å². The number of nitrogens with zero attached hydrogens (tertiary/aromatic N) is 2. The second-order valence-corrected chi connectivity index (χ2v) is 6.09. The summed E-state index contributed by atoms with van der Waals surface area (Å²) in [4.78, 5) is 6.58. The third-order valence-corrected chi connectivity index (χ3v) is 4.21. The minimum atomic E-state index is 0.599. The molecule has 1 aromatic rings. The van der Waals surface area contributed by atoms with Gasteiger partial charge in [0, 0.05) is 12.7 Å². The molecule has 1 saturated heterocycles. The highest BCUT2D eigenvalue weighted by Crippen LogP contribution is 2.25. The summed E-state index contributed by atoms with van der Waals surface area (Å²) in [5, 5.41) is 0.599. The van der Waals surface area contributed by atoms with E-state index in [9.17, 15) is 0 Å². The predicted molar refractivity (Wildman–Crippen MR) is 76.7 cm³/mol. The Labute approximate surface area is 115 Å². The van der Waals surface area contributed by atoms with E-state index in [4.69, 9.17) is 11.6 Å². The predicted octanol–water partition coefficient (Wildman–Crippen LogP) is 3.99. The van der Waals surface area contributed by atoms with Crippen LogP contribution in [0.1, 0.15) is 38.7 Å². The third kappa shape index (κ3) is 3.96. The number of aromatic nitrogens is 1. The van der Waals surface area contributed by atoms with Crippen molar-refractivity contribution >= 4 is 11.6 Å². The van der Waals surface area contributed by atoms with Gasteiger partial charge in [-0.15, -0.1) is 0 Å². The monoisotopic (exact) mass is 266 g/mol. The first-order chi connectivity index (χ1) is 8.65. The number of pyridine rings is 1. The van der Waals surface area contributed by atoms with E-state index in [2.05, 4.69) is 29.8 Å². The van der Waals surface area contributed by atoms with E-state index >= 15 is 0 Å². The van der Waals surface area contributed by atoms with Gasteiger partial charge < -0.3 is 0 Å². The molecule has 18 heavy (non-hydrogen) atoms. The summed E-state index contributed by atoms with van der Waals surface area (Å²) in [6, 6.07) is 4.04. The topological polar surface area (TPSA) is 16.1 Å². The van der Waals surface area contributed by atoms with Crippen LogP contribution < -0.4 is 0 Å². The van der Waals surface area contributed by atoms with E-state index in [1.165, 1.54) is 37.9 Å². The SMILES string of the molecule is CC(C)C1CCCN(Cc2ccnc(Cl)c2)CC1. The molecule has 0 amide bonds. The molecular formula is C15H23ClN2. The van der Waals surface area contributed by atoms with Crippen molar-refractivity contribution in [3.63, 3.8) is 0 Å². The van der Waals surface area contributed by atoms with E-state index in [0.29, 0.717) is 5.15 Å². The van der Waals surface area contributed by atoms with Crippen LogP contribution in [0.25, 0.3) is 0 Å². The minimum Gasteiger partial charge on any atom is -0.299 e. The van der Waals surface area contributed by atoms with Crippen LogP contribution in [0, 0.1) is 11.8 Å². The highest BCUT2D eigenvalue weighted by molar-refractivity contribution is 6.29. The molecule has 0 bridgehead atoms. The van der Waals surface area contributed by atoms with Crippen LogP contribution in [0.2, 0.25) is 5.15 Å². The second-order valence-electron chi connectivity index (χ2n) is 5.70. The zero-order valence-corrected chi connectivity index (χ0v) is 12.2. The smallest absolute Gasteiger partial charge is 0.129 e. The fourth-order valence-electron chi connectivity index (χ4n) is 2.81. The second kappa shape index (κ2) is 6.53. The quantitative estimate of drug-likeness (QED) is 0.769. The average Bonchev–Trinajstić information content (AvgIpc) is 2.55. The van der Waals surface area contributed by atoms with Crippen LogP contribution in [0.3, 0.4) is 0 Å². The summed E-state index contributed by atoms with van der Waals surface area (Å²) >= 11 is 5.93. The lowest BCUT2D eigenvalue weighted by atomic mass is 9.89. The van der Waals surface area contributed by atoms with Gasteiger partial charge in [0.2, 0.25) is 0 Å². The van der Waals surface area contributed by atoms with Crippen molar-refractivity contribution in [2.75, 3.05) is 13.1 Å². The molecule has 2 rings (SSSR count). The van der Waals surface area contributed by atoms with Gasteiger partial charge in [0.05, 0.1) is 0 Å². The third-order valence-electron chi connectivity index (χ3n) is 4.01. The zero-order valence-electron chi connectivity index (χ0n) is 11.4. The van der Waals surface area contributed by atoms with Gasteiger partial charge in [-0.2, -0.15) is 0 Å². The van der Waals surface area contributed by atoms with E-state index in [1.807, 2.05) is 6.07 Å². The number of likely N-dealkylation sites (tertiary alicyclic amines) is 1. The summed E-state index contributed by atoms with van der Waals surface area (Å²) in [7, 11) is 0. The van der Waals surface area contributed by atoms with Crippen LogP contribution in [-0.4, -0.2) is 23.0 Å². The van der Waals surface area contributed by atoms with Crippen molar-refractivity contribution in [1.82, 2.24) is 9.88 Å². The summed E-state index contributed by atoms with van der Waals surface area (Å²) in [5.41, 5.74) is 1.28. The number of hydrogen-bond donors (Lipinski definition) is 0. The zero-order chi connectivity index (χ0) is 13.0. The first-order valence-corrected chi connectivity index (χ1v) is 7.35. The average molecular weight is 267 g/mol. The number of halogens is 1. The van der Waals surface area contributed by atoms with Crippen LogP contribution in [0.5, 0.6) is 0 Å². The van der Waals surface area contributed by atoms with Gasteiger partial charge in [-0.3, -0.25) is 4.90 Å². The Hall–Kier alpha value is -0.600. The summed E-state index contributed by atoms with van der Waals surface area (Å²) < 4.78 is 0. The van der Waals surface area contributed by atoms with Crippen molar-refractivity contribution in [1.29, 1.82) is 0 Å². The Morgan fingerprint density at radius 1 is 1.39 bits per heavy atom.